The average Bonchev–Trinajstić information content (AvgIpc) is 3.30. The second-order valence-electron chi connectivity index (χ2n) is 9.64. The van der Waals surface area contributed by atoms with Gasteiger partial charge in [0.05, 0.1) is 36.7 Å². The third kappa shape index (κ3) is 6.43. The van der Waals surface area contributed by atoms with Crippen LogP contribution in [0.3, 0.4) is 0 Å². The summed E-state index contributed by atoms with van der Waals surface area (Å²) in [5.41, 5.74) is 1.03. The first-order valence-corrected chi connectivity index (χ1v) is 15.3. The molecule has 5 rings (SSSR count). The molecule has 0 fully saturated rings. The van der Waals surface area contributed by atoms with E-state index in [0.29, 0.717) is 32.2 Å². The number of esters is 1. The molecule has 45 heavy (non-hydrogen) atoms. The van der Waals surface area contributed by atoms with Gasteiger partial charge in [-0.3, -0.25) is 29.6 Å². The molecule has 2 heterocycles. The Morgan fingerprint density at radius 1 is 1.13 bits per heavy atom. The van der Waals surface area contributed by atoms with Crippen LogP contribution < -0.4 is 19.6 Å². The Balaban J connectivity index is 1.57. The molecule has 0 saturated carbocycles. The van der Waals surface area contributed by atoms with Gasteiger partial charge in [0, 0.05) is 23.2 Å². The minimum atomic E-state index is -0.910. The number of carbonyl (C=O) groups is 1. The minimum absolute atomic E-state index is 0.0506. The van der Waals surface area contributed by atoms with Crippen LogP contribution in [0, 0.1) is 20.2 Å². The second kappa shape index (κ2) is 13.1. The summed E-state index contributed by atoms with van der Waals surface area (Å²) in [5, 5.41) is 23.3. The van der Waals surface area contributed by atoms with Crippen LogP contribution in [0.5, 0.6) is 5.75 Å². The molecular formula is C30H22BrClN4O8S. The Kier molecular flexibility index (Phi) is 9.27. The van der Waals surface area contributed by atoms with Gasteiger partial charge in [0.2, 0.25) is 5.75 Å². The van der Waals surface area contributed by atoms with E-state index in [0.717, 1.165) is 11.3 Å². The van der Waals surface area contributed by atoms with Crippen molar-refractivity contribution >= 4 is 62.3 Å². The van der Waals surface area contributed by atoms with Gasteiger partial charge in [-0.05, 0) is 76.8 Å². The van der Waals surface area contributed by atoms with Crippen molar-refractivity contribution in [3.63, 3.8) is 0 Å². The van der Waals surface area contributed by atoms with Gasteiger partial charge >= 0.3 is 11.7 Å². The van der Waals surface area contributed by atoms with Crippen molar-refractivity contribution in [2.24, 2.45) is 4.99 Å². The van der Waals surface area contributed by atoms with E-state index in [-0.39, 0.29) is 44.9 Å². The molecule has 230 valence electrons. The van der Waals surface area contributed by atoms with E-state index >= 15 is 0 Å². The van der Waals surface area contributed by atoms with Crippen LogP contribution in [0.25, 0.3) is 6.08 Å². The molecule has 1 atom stereocenters. The summed E-state index contributed by atoms with van der Waals surface area (Å²) in [6.07, 6.45) is 1.49. The third-order valence-electron chi connectivity index (χ3n) is 6.79. The van der Waals surface area contributed by atoms with Crippen LogP contribution in [0.1, 0.15) is 36.6 Å². The highest BCUT2D eigenvalue weighted by atomic mass is 79.9. The molecule has 12 nitrogen and oxygen atoms in total. The van der Waals surface area contributed by atoms with E-state index in [1.54, 1.807) is 44.2 Å². The molecule has 0 N–H and O–H groups in total. The standard InChI is InChI=1S/C30H22BrClN4O8S/c1-3-43-29(38)25-16(2)33-30-34(26(25)20-6-4-5-7-22(20)32)28(37)24(45-30)14-18-12-21(31)27(23(13-18)36(41)42)44-15-17-8-10-19(11-9-17)35(39)40/h4-14,26H,3,15H2,1-2H3/b24-14-/t26-/m0/s1. The second-order valence-corrected chi connectivity index (χ2v) is 11.9. The quantitative estimate of drug-likeness (QED) is 0.123. The molecule has 0 bridgehead atoms. The van der Waals surface area contributed by atoms with Crippen LogP contribution >= 0.6 is 38.9 Å². The number of thiazole rings is 1. The van der Waals surface area contributed by atoms with E-state index < -0.39 is 27.4 Å². The molecule has 0 spiro atoms. The van der Waals surface area contributed by atoms with Crippen LogP contribution in [-0.2, 0) is 16.1 Å². The van der Waals surface area contributed by atoms with Gasteiger partial charge in [-0.2, -0.15) is 0 Å². The van der Waals surface area contributed by atoms with Crippen molar-refractivity contribution in [3.8, 4) is 5.75 Å². The smallest absolute Gasteiger partial charge is 0.338 e. The van der Waals surface area contributed by atoms with Crippen molar-refractivity contribution in [1.29, 1.82) is 0 Å². The van der Waals surface area contributed by atoms with E-state index in [4.69, 9.17) is 21.1 Å². The summed E-state index contributed by atoms with van der Waals surface area (Å²) < 4.78 is 12.9. The number of rotatable bonds is 9. The first-order valence-electron chi connectivity index (χ1n) is 13.3. The van der Waals surface area contributed by atoms with Gasteiger partial charge in [0.25, 0.3) is 11.2 Å². The predicted octanol–water partition coefficient (Wildman–Crippen LogP) is 5.61. The van der Waals surface area contributed by atoms with E-state index in [2.05, 4.69) is 20.9 Å². The number of fused-ring (bicyclic) bond motifs is 1. The molecule has 4 aromatic rings. The Bertz CT molecular complexity index is 2070. The van der Waals surface area contributed by atoms with E-state index in [1.807, 2.05) is 0 Å². The first-order chi connectivity index (χ1) is 21.5. The number of nitro benzene ring substituents is 2. The fourth-order valence-corrected chi connectivity index (χ4v) is 6.63. The third-order valence-corrected chi connectivity index (χ3v) is 8.70. The Morgan fingerprint density at radius 2 is 1.84 bits per heavy atom. The maximum atomic E-state index is 13.9. The highest BCUT2D eigenvalue weighted by Gasteiger charge is 2.34. The largest absolute Gasteiger partial charge is 0.481 e. The summed E-state index contributed by atoms with van der Waals surface area (Å²) in [6.45, 7) is 3.37. The zero-order chi connectivity index (χ0) is 32.4. The molecule has 3 aromatic carbocycles. The van der Waals surface area contributed by atoms with Gasteiger partial charge in [0.1, 0.15) is 12.6 Å². The number of hydrogen-bond donors (Lipinski definition) is 0. The van der Waals surface area contributed by atoms with Crippen molar-refractivity contribution in [3.05, 3.63) is 138 Å². The van der Waals surface area contributed by atoms with Crippen molar-refractivity contribution in [2.75, 3.05) is 6.61 Å². The number of non-ortho nitro benzene ring substituents is 1. The lowest BCUT2D eigenvalue weighted by atomic mass is 9.96. The van der Waals surface area contributed by atoms with Crippen LogP contribution in [0.2, 0.25) is 5.02 Å². The number of aromatic nitrogens is 1. The SMILES string of the molecule is CCOC(=O)C1=C(C)N=c2s/c(=C\c3cc(Br)c(OCc4ccc([N+](=O)[O-])cc4)c([N+](=O)[O-])c3)c(=O)n2[C@H]1c1ccccc1Cl. The van der Waals surface area contributed by atoms with E-state index in [9.17, 15) is 29.8 Å². The van der Waals surface area contributed by atoms with Gasteiger partial charge in [-0.1, -0.05) is 41.1 Å². The molecule has 1 aromatic heterocycles. The number of nitro groups is 2. The molecule has 0 saturated heterocycles. The van der Waals surface area contributed by atoms with Crippen molar-refractivity contribution in [1.82, 2.24) is 4.57 Å². The maximum Gasteiger partial charge on any atom is 0.338 e. The summed E-state index contributed by atoms with van der Waals surface area (Å²) in [7, 11) is 0. The zero-order valence-electron chi connectivity index (χ0n) is 23.6. The normalized spacial score (nSPS) is 14.5. The predicted molar refractivity (Wildman–Crippen MR) is 170 cm³/mol. The molecule has 0 aliphatic carbocycles. The average molecular weight is 714 g/mol. The number of nitrogens with zero attached hydrogens (tertiary/aromatic N) is 4. The van der Waals surface area contributed by atoms with Crippen LogP contribution in [0.4, 0.5) is 11.4 Å². The summed E-state index contributed by atoms with van der Waals surface area (Å²) in [6, 6.07) is 14.4. The monoisotopic (exact) mass is 712 g/mol. The number of carbonyl (C=O) groups excluding carboxylic acids is 1. The molecule has 1 aliphatic rings. The van der Waals surface area contributed by atoms with Gasteiger partial charge in [-0.25, -0.2) is 9.79 Å². The number of allylic oxidation sites excluding steroid dienone is 1. The molecule has 0 radical (unpaired) electrons. The Hall–Kier alpha value is -4.66. The Morgan fingerprint density at radius 3 is 2.49 bits per heavy atom. The van der Waals surface area contributed by atoms with Gasteiger partial charge in [0.15, 0.2) is 4.80 Å². The highest BCUT2D eigenvalue weighted by Crippen LogP contribution is 2.38. The number of benzene rings is 3. The fourth-order valence-electron chi connectivity index (χ4n) is 4.76. The van der Waals surface area contributed by atoms with E-state index in [1.165, 1.54) is 41.0 Å². The lowest BCUT2D eigenvalue weighted by Crippen LogP contribution is -2.40. The van der Waals surface area contributed by atoms with Crippen LogP contribution in [0.15, 0.2) is 86.2 Å². The number of hydrogen-bond acceptors (Lipinski definition) is 10. The summed E-state index contributed by atoms with van der Waals surface area (Å²) >= 11 is 10.9. The van der Waals surface area contributed by atoms with Gasteiger partial charge in [-0.15, -0.1) is 0 Å². The molecule has 15 heteroatoms. The summed E-state index contributed by atoms with van der Waals surface area (Å²) in [4.78, 5) is 53.6. The summed E-state index contributed by atoms with van der Waals surface area (Å²) in [5.74, 6) is -0.674. The molecule has 1 aliphatic heterocycles. The van der Waals surface area contributed by atoms with Crippen molar-refractivity contribution in [2.45, 2.75) is 26.5 Å². The molecule has 0 unspecified atom stereocenters. The fraction of sp³-hybridized carbons (Fsp3) is 0.167. The minimum Gasteiger partial charge on any atom is -0.481 e. The van der Waals surface area contributed by atoms with Crippen molar-refractivity contribution < 1.29 is 24.1 Å². The first kappa shape index (κ1) is 31.8. The number of ether oxygens (including phenoxy) is 2. The highest BCUT2D eigenvalue weighted by molar-refractivity contribution is 9.10. The zero-order valence-corrected chi connectivity index (χ0v) is 26.7. The topological polar surface area (TPSA) is 156 Å². The van der Waals surface area contributed by atoms with Gasteiger partial charge < -0.3 is 9.47 Å². The van der Waals surface area contributed by atoms with Crippen LogP contribution in [-0.4, -0.2) is 27.0 Å². The molecular weight excluding hydrogens is 692 g/mol. The Labute approximate surface area is 271 Å². The number of halogens is 2. The lowest BCUT2D eigenvalue weighted by molar-refractivity contribution is -0.386. The maximum absolute atomic E-state index is 13.9. The molecule has 0 amide bonds. The lowest BCUT2D eigenvalue weighted by Gasteiger charge is -2.25.